The number of thioether (sulfide) groups is 1. The van der Waals surface area contributed by atoms with Gasteiger partial charge in [-0.2, -0.15) is 13.2 Å². The second kappa shape index (κ2) is 9.32. The molecule has 0 spiro atoms. The van der Waals surface area contributed by atoms with Gasteiger partial charge in [-0.05, 0) is 56.7 Å². The first kappa shape index (κ1) is 23.1. The van der Waals surface area contributed by atoms with Crippen LogP contribution in [0.25, 0.3) is 10.6 Å². The molecule has 0 radical (unpaired) electrons. The molecule has 0 bridgehead atoms. The third-order valence-electron chi connectivity index (χ3n) is 4.47. The summed E-state index contributed by atoms with van der Waals surface area (Å²) in [5.74, 6) is -0.506. The van der Waals surface area contributed by atoms with Gasteiger partial charge in [0, 0.05) is 20.6 Å². The lowest BCUT2D eigenvalue weighted by Gasteiger charge is -2.12. The Hall–Kier alpha value is -2.52. The SMILES string of the molecule is Cc1cc(SC(C)c2sc(-c3ccc(C(F)(F)F)cc3)nc2C)ccc1OCC(=O)O. The van der Waals surface area contributed by atoms with Crippen molar-refractivity contribution >= 4 is 29.1 Å². The Balaban J connectivity index is 1.74. The Morgan fingerprint density at radius 2 is 1.87 bits per heavy atom. The number of aliphatic carboxylic acids is 1. The van der Waals surface area contributed by atoms with Crippen LogP contribution in [0.1, 0.15) is 33.9 Å². The molecule has 164 valence electrons. The lowest BCUT2D eigenvalue weighted by Crippen LogP contribution is -2.10. The molecule has 1 atom stereocenters. The zero-order valence-corrected chi connectivity index (χ0v) is 18.6. The normalized spacial score (nSPS) is 12.6. The van der Waals surface area contributed by atoms with Gasteiger partial charge in [0.05, 0.1) is 11.3 Å². The Bertz CT molecular complexity index is 1080. The molecular weight excluding hydrogens is 447 g/mol. The highest BCUT2D eigenvalue weighted by Gasteiger charge is 2.30. The summed E-state index contributed by atoms with van der Waals surface area (Å²) in [6.07, 6.45) is -4.36. The summed E-state index contributed by atoms with van der Waals surface area (Å²) in [7, 11) is 0. The lowest BCUT2D eigenvalue weighted by atomic mass is 10.1. The number of aromatic nitrogens is 1. The zero-order chi connectivity index (χ0) is 22.8. The number of benzene rings is 2. The van der Waals surface area contributed by atoms with E-state index in [1.54, 1.807) is 17.8 Å². The van der Waals surface area contributed by atoms with Crippen LogP contribution in [-0.4, -0.2) is 22.7 Å². The minimum Gasteiger partial charge on any atom is -0.482 e. The fourth-order valence-electron chi connectivity index (χ4n) is 2.96. The quantitative estimate of drug-likeness (QED) is 0.389. The maximum atomic E-state index is 12.8. The highest BCUT2D eigenvalue weighted by Crippen LogP contribution is 2.42. The number of carbonyl (C=O) groups is 1. The summed E-state index contributed by atoms with van der Waals surface area (Å²) in [6.45, 7) is 5.40. The number of carboxylic acid groups (broad SMARTS) is 1. The van der Waals surface area contributed by atoms with E-state index < -0.39 is 24.3 Å². The van der Waals surface area contributed by atoms with Crippen LogP contribution in [0.15, 0.2) is 47.4 Å². The number of hydrogen-bond donors (Lipinski definition) is 1. The van der Waals surface area contributed by atoms with Gasteiger partial charge in [0.15, 0.2) is 6.61 Å². The highest BCUT2D eigenvalue weighted by atomic mass is 32.2. The first-order chi connectivity index (χ1) is 14.5. The zero-order valence-electron chi connectivity index (χ0n) is 17.0. The van der Waals surface area contributed by atoms with Gasteiger partial charge in [0.1, 0.15) is 10.8 Å². The van der Waals surface area contributed by atoms with Gasteiger partial charge in [0.25, 0.3) is 0 Å². The summed E-state index contributed by atoms with van der Waals surface area (Å²) in [5.41, 5.74) is 1.66. The predicted octanol–water partition coefficient (Wildman–Crippen LogP) is 6.76. The topological polar surface area (TPSA) is 59.4 Å². The molecule has 3 aromatic rings. The number of halogens is 3. The van der Waals surface area contributed by atoms with E-state index in [0.717, 1.165) is 33.2 Å². The fourth-order valence-corrected chi connectivity index (χ4v) is 5.34. The molecule has 31 heavy (non-hydrogen) atoms. The van der Waals surface area contributed by atoms with Gasteiger partial charge in [0.2, 0.25) is 0 Å². The Labute approximate surface area is 186 Å². The van der Waals surface area contributed by atoms with Crippen molar-refractivity contribution in [3.05, 3.63) is 64.2 Å². The molecule has 1 N–H and O–H groups in total. The van der Waals surface area contributed by atoms with E-state index in [0.29, 0.717) is 16.3 Å². The van der Waals surface area contributed by atoms with Crippen LogP contribution in [0.3, 0.4) is 0 Å². The predicted molar refractivity (Wildman–Crippen MR) is 116 cm³/mol. The summed E-state index contributed by atoms with van der Waals surface area (Å²) < 4.78 is 43.6. The standard InChI is InChI=1S/C22H20F3NO3S2/c1-12-10-17(8-9-18(12)29-11-19(27)28)30-14(3)20-13(2)26-21(31-20)15-4-6-16(7-5-15)22(23,24)25/h4-10,14H,11H2,1-3H3,(H,27,28). The van der Waals surface area contributed by atoms with Crippen LogP contribution in [0.5, 0.6) is 5.75 Å². The Morgan fingerprint density at radius 1 is 1.19 bits per heavy atom. The van der Waals surface area contributed by atoms with Gasteiger partial charge in [-0.1, -0.05) is 12.1 Å². The maximum absolute atomic E-state index is 12.8. The van der Waals surface area contributed by atoms with Gasteiger partial charge >= 0.3 is 12.1 Å². The van der Waals surface area contributed by atoms with Crippen LogP contribution in [-0.2, 0) is 11.0 Å². The second-order valence-electron chi connectivity index (χ2n) is 6.91. The summed E-state index contributed by atoms with van der Waals surface area (Å²) in [4.78, 5) is 17.3. The van der Waals surface area contributed by atoms with Crippen LogP contribution in [0.2, 0.25) is 0 Å². The van der Waals surface area contributed by atoms with Crippen LogP contribution in [0, 0.1) is 13.8 Å². The number of carboxylic acids is 1. The van der Waals surface area contributed by atoms with Crippen LogP contribution >= 0.6 is 23.1 Å². The van der Waals surface area contributed by atoms with E-state index >= 15 is 0 Å². The average molecular weight is 468 g/mol. The van der Waals surface area contributed by atoms with E-state index in [2.05, 4.69) is 4.98 Å². The molecule has 3 rings (SSSR count). The maximum Gasteiger partial charge on any atom is 0.416 e. The van der Waals surface area contributed by atoms with Crippen molar-refractivity contribution in [2.45, 2.75) is 37.1 Å². The van der Waals surface area contributed by atoms with E-state index in [4.69, 9.17) is 9.84 Å². The van der Waals surface area contributed by atoms with E-state index in [-0.39, 0.29) is 5.25 Å². The van der Waals surface area contributed by atoms with E-state index in [1.807, 2.05) is 32.9 Å². The molecule has 0 aliphatic heterocycles. The van der Waals surface area contributed by atoms with Crippen LogP contribution < -0.4 is 4.74 Å². The van der Waals surface area contributed by atoms with Gasteiger partial charge in [-0.15, -0.1) is 23.1 Å². The summed E-state index contributed by atoms with van der Waals surface area (Å²) in [6, 6.07) is 10.6. The molecule has 2 aromatic carbocycles. The number of alkyl halides is 3. The molecule has 0 aliphatic carbocycles. The third-order valence-corrected chi connectivity index (χ3v) is 7.13. The number of thiazole rings is 1. The molecule has 0 saturated heterocycles. The number of aryl methyl sites for hydroxylation is 2. The van der Waals surface area contributed by atoms with Crippen LogP contribution in [0.4, 0.5) is 13.2 Å². The number of rotatable bonds is 7. The minimum absolute atomic E-state index is 0.0749. The molecule has 1 heterocycles. The summed E-state index contributed by atoms with van der Waals surface area (Å²) >= 11 is 3.09. The van der Waals surface area contributed by atoms with Crippen molar-refractivity contribution in [2.75, 3.05) is 6.61 Å². The Morgan fingerprint density at radius 3 is 2.45 bits per heavy atom. The smallest absolute Gasteiger partial charge is 0.416 e. The first-order valence-corrected chi connectivity index (χ1v) is 11.0. The molecule has 0 amide bonds. The molecule has 1 unspecified atom stereocenters. The van der Waals surface area contributed by atoms with E-state index in [9.17, 15) is 18.0 Å². The Kier molecular flexibility index (Phi) is 6.96. The molecular formula is C22H20F3NO3S2. The molecule has 0 aliphatic rings. The second-order valence-corrected chi connectivity index (χ2v) is 9.36. The lowest BCUT2D eigenvalue weighted by molar-refractivity contribution is -0.139. The number of nitrogens with zero attached hydrogens (tertiary/aromatic N) is 1. The highest BCUT2D eigenvalue weighted by molar-refractivity contribution is 7.99. The monoisotopic (exact) mass is 467 g/mol. The molecule has 1 aromatic heterocycles. The van der Waals surface area contributed by atoms with E-state index in [1.165, 1.54) is 23.5 Å². The molecule has 9 heteroatoms. The molecule has 0 saturated carbocycles. The van der Waals surface area contributed by atoms with Crippen molar-refractivity contribution in [1.29, 1.82) is 0 Å². The van der Waals surface area contributed by atoms with Gasteiger partial charge in [-0.25, -0.2) is 9.78 Å². The number of ether oxygens (including phenoxy) is 1. The summed E-state index contributed by atoms with van der Waals surface area (Å²) in [5, 5.41) is 9.50. The first-order valence-electron chi connectivity index (χ1n) is 9.31. The third kappa shape index (κ3) is 5.80. The average Bonchev–Trinajstić information content (AvgIpc) is 3.08. The van der Waals surface area contributed by atoms with Crippen molar-refractivity contribution in [3.8, 4) is 16.3 Å². The van der Waals surface area contributed by atoms with Gasteiger partial charge < -0.3 is 9.84 Å². The van der Waals surface area contributed by atoms with Crippen molar-refractivity contribution in [3.63, 3.8) is 0 Å². The van der Waals surface area contributed by atoms with Gasteiger partial charge in [-0.3, -0.25) is 0 Å². The fraction of sp³-hybridized carbons (Fsp3) is 0.273. The molecule has 0 fully saturated rings. The minimum atomic E-state index is -4.36. The number of hydrogen-bond acceptors (Lipinski definition) is 5. The van der Waals surface area contributed by atoms with Crippen molar-refractivity contribution < 1.29 is 27.8 Å². The van der Waals surface area contributed by atoms with Crippen molar-refractivity contribution in [1.82, 2.24) is 4.98 Å². The molecule has 4 nitrogen and oxygen atoms in total. The van der Waals surface area contributed by atoms with Crippen molar-refractivity contribution in [2.24, 2.45) is 0 Å². The largest absolute Gasteiger partial charge is 0.482 e.